The van der Waals surface area contributed by atoms with E-state index in [0.717, 1.165) is 24.5 Å². The van der Waals surface area contributed by atoms with Crippen molar-refractivity contribution in [2.45, 2.75) is 39.0 Å². The highest BCUT2D eigenvalue weighted by atomic mass is 16.5. The molecule has 39 heavy (non-hydrogen) atoms. The van der Waals surface area contributed by atoms with Crippen LogP contribution < -0.4 is 14.2 Å². The summed E-state index contributed by atoms with van der Waals surface area (Å²) in [6.07, 6.45) is 6.06. The van der Waals surface area contributed by atoms with Crippen molar-refractivity contribution in [3.63, 3.8) is 0 Å². The van der Waals surface area contributed by atoms with E-state index in [0.29, 0.717) is 49.2 Å². The van der Waals surface area contributed by atoms with Crippen LogP contribution in [0.4, 0.5) is 11.4 Å². The van der Waals surface area contributed by atoms with E-state index >= 15 is 0 Å². The van der Waals surface area contributed by atoms with Crippen LogP contribution in [0.2, 0.25) is 0 Å². The minimum Gasteiger partial charge on any atom is -0.494 e. The number of carbonyl (C=O) groups is 1. The van der Waals surface area contributed by atoms with Crippen LogP contribution in [-0.2, 0) is 9.47 Å². The Bertz CT molecular complexity index is 1130. The fourth-order valence-corrected chi connectivity index (χ4v) is 3.58. The van der Waals surface area contributed by atoms with Crippen molar-refractivity contribution >= 4 is 17.3 Å². The summed E-state index contributed by atoms with van der Waals surface area (Å²) < 4.78 is 27.4. The summed E-state index contributed by atoms with van der Waals surface area (Å²) in [5, 5.41) is 8.54. The molecule has 8 heteroatoms. The molecule has 0 amide bonds. The third kappa shape index (κ3) is 11.3. The Morgan fingerprint density at radius 3 is 2.00 bits per heavy atom. The predicted molar refractivity (Wildman–Crippen MR) is 151 cm³/mol. The lowest BCUT2D eigenvalue weighted by Gasteiger charge is -2.11. The number of ether oxygens (including phenoxy) is 5. The number of hydrogen-bond donors (Lipinski definition) is 0. The average Bonchev–Trinajstić information content (AvgIpc) is 2.97. The zero-order chi connectivity index (χ0) is 27.5. The standard InChI is InChI=1S/C31H38N2O6/c1-3-4-5-6-9-20-37-27-16-12-25(13-17-27)32-33-26-14-18-28(19-15-26)39-31(34)29-10-7-8-11-30(29)38-24-23-36-22-21-35-2/h7-8,10-19H,3-6,9,20-24H2,1-2H3. The van der Waals surface area contributed by atoms with Gasteiger partial charge >= 0.3 is 5.97 Å². The Balaban J connectivity index is 1.46. The summed E-state index contributed by atoms with van der Waals surface area (Å²) in [4.78, 5) is 12.8. The molecule has 8 nitrogen and oxygen atoms in total. The van der Waals surface area contributed by atoms with E-state index in [4.69, 9.17) is 23.7 Å². The summed E-state index contributed by atoms with van der Waals surface area (Å²) in [5.41, 5.74) is 1.70. The van der Waals surface area contributed by atoms with Crippen molar-refractivity contribution < 1.29 is 28.5 Å². The summed E-state index contributed by atoms with van der Waals surface area (Å²) in [5.74, 6) is 1.15. The third-order valence-electron chi connectivity index (χ3n) is 5.71. The van der Waals surface area contributed by atoms with Gasteiger partial charge in [0.2, 0.25) is 0 Å². The summed E-state index contributed by atoms with van der Waals surface area (Å²) in [6.45, 7) is 4.64. The van der Waals surface area contributed by atoms with Gasteiger partial charge in [0.05, 0.1) is 37.8 Å². The summed E-state index contributed by atoms with van der Waals surface area (Å²) >= 11 is 0. The van der Waals surface area contributed by atoms with E-state index in [9.17, 15) is 4.79 Å². The molecule has 3 aromatic carbocycles. The number of hydrogen-bond acceptors (Lipinski definition) is 8. The van der Waals surface area contributed by atoms with Crippen molar-refractivity contribution in [2.75, 3.05) is 40.1 Å². The number of methoxy groups -OCH3 is 1. The van der Waals surface area contributed by atoms with Crippen molar-refractivity contribution in [3.05, 3.63) is 78.4 Å². The first kappa shape index (κ1) is 29.8. The molecule has 3 aromatic rings. The molecular weight excluding hydrogens is 496 g/mol. The maximum Gasteiger partial charge on any atom is 0.347 e. The van der Waals surface area contributed by atoms with Crippen LogP contribution in [0, 0.1) is 0 Å². The Labute approximate surface area is 230 Å². The van der Waals surface area contributed by atoms with Gasteiger partial charge in [0.1, 0.15) is 29.4 Å². The molecule has 0 atom stereocenters. The summed E-state index contributed by atoms with van der Waals surface area (Å²) in [6, 6.07) is 21.3. The van der Waals surface area contributed by atoms with E-state index in [-0.39, 0.29) is 0 Å². The first-order chi connectivity index (χ1) is 19.2. The zero-order valence-electron chi connectivity index (χ0n) is 22.8. The van der Waals surface area contributed by atoms with Crippen molar-refractivity contribution in [3.8, 4) is 17.2 Å². The smallest absolute Gasteiger partial charge is 0.347 e. The highest BCUT2D eigenvalue weighted by molar-refractivity contribution is 5.94. The number of nitrogens with zero attached hydrogens (tertiary/aromatic N) is 2. The quantitative estimate of drug-likeness (QED) is 0.0719. The number of para-hydroxylation sites is 1. The van der Waals surface area contributed by atoms with Crippen LogP contribution >= 0.6 is 0 Å². The van der Waals surface area contributed by atoms with Crippen LogP contribution in [0.5, 0.6) is 17.2 Å². The normalized spacial score (nSPS) is 11.0. The maximum atomic E-state index is 12.8. The molecule has 0 heterocycles. The average molecular weight is 535 g/mol. The van der Waals surface area contributed by atoms with Gasteiger partial charge in [0.15, 0.2) is 0 Å². The van der Waals surface area contributed by atoms with Crippen LogP contribution in [0.1, 0.15) is 49.4 Å². The van der Waals surface area contributed by atoms with Gasteiger partial charge in [0, 0.05) is 7.11 Å². The van der Waals surface area contributed by atoms with Gasteiger partial charge in [-0.3, -0.25) is 0 Å². The van der Waals surface area contributed by atoms with Crippen LogP contribution in [0.15, 0.2) is 83.0 Å². The first-order valence-electron chi connectivity index (χ1n) is 13.4. The van der Waals surface area contributed by atoms with Crippen LogP contribution in [0.3, 0.4) is 0 Å². The molecule has 0 spiro atoms. The molecule has 0 radical (unpaired) electrons. The fourth-order valence-electron chi connectivity index (χ4n) is 3.58. The predicted octanol–water partition coefficient (Wildman–Crippen LogP) is 7.71. The van der Waals surface area contributed by atoms with Gasteiger partial charge < -0.3 is 23.7 Å². The Morgan fingerprint density at radius 2 is 1.31 bits per heavy atom. The topological polar surface area (TPSA) is 87.9 Å². The maximum absolute atomic E-state index is 12.8. The molecule has 0 aromatic heterocycles. The second kappa shape index (κ2) is 17.7. The van der Waals surface area contributed by atoms with Crippen molar-refractivity contribution in [1.29, 1.82) is 0 Å². The van der Waals surface area contributed by atoms with E-state index in [1.54, 1.807) is 55.6 Å². The zero-order valence-corrected chi connectivity index (χ0v) is 22.8. The molecule has 3 rings (SSSR count). The number of carbonyl (C=O) groups excluding carboxylic acids is 1. The molecule has 0 unspecified atom stereocenters. The molecule has 0 aliphatic heterocycles. The van der Waals surface area contributed by atoms with E-state index in [1.165, 1.54) is 25.7 Å². The number of rotatable bonds is 18. The van der Waals surface area contributed by atoms with Crippen molar-refractivity contribution in [1.82, 2.24) is 0 Å². The lowest BCUT2D eigenvalue weighted by atomic mass is 10.2. The molecule has 0 saturated carbocycles. The first-order valence-corrected chi connectivity index (χ1v) is 13.4. The Hall–Kier alpha value is -3.75. The van der Waals surface area contributed by atoms with Gasteiger partial charge in [0.25, 0.3) is 0 Å². The van der Waals surface area contributed by atoms with E-state index < -0.39 is 5.97 Å². The molecule has 0 bridgehead atoms. The highest BCUT2D eigenvalue weighted by Gasteiger charge is 2.14. The second-order valence-electron chi connectivity index (χ2n) is 8.79. The Morgan fingerprint density at radius 1 is 0.667 bits per heavy atom. The third-order valence-corrected chi connectivity index (χ3v) is 5.71. The Kier molecular flexibility index (Phi) is 13.5. The molecular formula is C31H38N2O6. The molecule has 208 valence electrons. The molecule has 0 fully saturated rings. The molecule has 0 N–H and O–H groups in total. The van der Waals surface area contributed by atoms with Crippen LogP contribution in [-0.4, -0.2) is 46.1 Å². The number of benzene rings is 3. The molecule has 0 saturated heterocycles. The second-order valence-corrected chi connectivity index (χ2v) is 8.79. The minimum absolute atomic E-state index is 0.308. The fraction of sp³-hybridized carbons (Fsp3) is 0.387. The highest BCUT2D eigenvalue weighted by Crippen LogP contribution is 2.25. The van der Waals surface area contributed by atoms with Crippen LogP contribution in [0.25, 0.3) is 0 Å². The summed E-state index contributed by atoms with van der Waals surface area (Å²) in [7, 11) is 1.62. The monoisotopic (exact) mass is 534 g/mol. The SMILES string of the molecule is CCCCCCCOc1ccc(N=Nc2ccc(OC(=O)c3ccccc3OCCOCCOC)cc2)cc1. The van der Waals surface area contributed by atoms with Gasteiger partial charge in [-0.1, -0.05) is 44.7 Å². The van der Waals surface area contributed by atoms with E-state index in [2.05, 4.69) is 17.2 Å². The number of esters is 1. The lowest BCUT2D eigenvalue weighted by molar-refractivity contribution is 0.0537. The van der Waals surface area contributed by atoms with Gasteiger partial charge in [-0.2, -0.15) is 10.2 Å². The number of unbranched alkanes of at least 4 members (excludes halogenated alkanes) is 4. The lowest BCUT2D eigenvalue weighted by Crippen LogP contribution is -2.14. The van der Waals surface area contributed by atoms with Gasteiger partial charge in [-0.15, -0.1) is 0 Å². The molecule has 0 aliphatic carbocycles. The minimum atomic E-state index is -0.511. The van der Waals surface area contributed by atoms with Gasteiger partial charge in [-0.25, -0.2) is 4.79 Å². The number of azo groups is 1. The van der Waals surface area contributed by atoms with E-state index in [1.807, 2.05) is 24.3 Å². The molecule has 0 aliphatic rings. The largest absolute Gasteiger partial charge is 0.494 e. The van der Waals surface area contributed by atoms with Gasteiger partial charge in [-0.05, 0) is 67.1 Å². The van der Waals surface area contributed by atoms with Crippen molar-refractivity contribution in [2.24, 2.45) is 10.2 Å².